The van der Waals surface area contributed by atoms with Gasteiger partial charge in [-0.2, -0.15) is 0 Å². The Morgan fingerprint density at radius 1 is 1.00 bits per heavy atom. The number of hydrogen-bond acceptors (Lipinski definition) is 3. The lowest BCUT2D eigenvalue weighted by Gasteiger charge is -2.28. The van der Waals surface area contributed by atoms with E-state index < -0.39 is 0 Å². The fourth-order valence-electron chi connectivity index (χ4n) is 3.60. The molecule has 22 heavy (non-hydrogen) atoms. The van der Waals surface area contributed by atoms with E-state index in [4.69, 9.17) is 5.73 Å². The van der Waals surface area contributed by atoms with Crippen molar-refractivity contribution in [2.45, 2.75) is 63.8 Å². The molecule has 2 fully saturated rings. The first-order chi connectivity index (χ1) is 10.2. The van der Waals surface area contributed by atoms with Gasteiger partial charge in [0.1, 0.15) is 0 Å². The molecule has 4 N–H and O–H groups in total. The summed E-state index contributed by atoms with van der Waals surface area (Å²) < 4.78 is 0. The first-order valence-electron chi connectivity index (χ1n) is 8.46. The average Bonchev–Trinajstić information content (AvgIpc) is 2.98. The lowest BCUT2D eigenvalue weighted by molar-refractivity contribution is -0.126. The van der Waals surface area contributed by atoms with Crippen LogP contribution in [0.25, 0.3) is 0 Å². The monoisotopic (exact) mass is 331 g/mol. The van der Waals surface area contributed by atoms with E-state index in [0.717, 1.165) is 25.7 Å². The van der Waals surface area contributed by atoms with Crippen molar-refractivity contribution in [2.24, 2.45) is 17.6 Å². The van der Waals surface area contributed by atoms with Gasteiger partial charge in [0, 0.05) is 31.5 Å². The standard InChI is InChI=1S/C16H29N3O2.ClH/c17-9-10-18-16(21)13-5-7-14(8-6-13)19-15(20)11-12-3-1-2-4-12;/h12-14H,1-11,17H2,(H,18,21)(H,19,20);1H. The maximum absolute atomic E-state index is 12.0. The Morgan fingerprint density at radius 2 is 1.64 bits per heavy atom. The summed E-state index contributed by atoms with van der Waals surface area (Å²) >= 11 is 0. The number of nitrogens with one attached hydrogen (secondary N) is 2. The molecule has 2 amide bonds. The van der Waals surface area contributed by atoms with E-state index in [1.54, 1.807) is 0 Å². The van der Waals surface area contributed by atoms with Gasteiger partial charge in [-0.1, -0.05) is 12.8 Å². The predicted octanol–water partition coefficient (Wildman–Crippen LogP) is 1.74. The average molecular weight is 332 g/mol. The van der Waals surface area contributed by atoms with Crippen molar-refractivity contribution in [3.63, 3.8) is 0 Å². The summed E-state index contributed by atoms with van der Waals surface area (Å²) in [5, 5.41) is 6.01. The number of halogens is 1. The van der Waals surface area contributed by atoms with Crippen molar-refractivity contribution in [2.75, 3.05) is 13.1 Å². The van der Waals surface area contributed by atoms with Crippen LogP contribution in [0.3, 0.4) is 0 Å². The second-order valence-electron chi connectivity index (χ2n) is 6.55. The molecular weight excluding hydrogens is 302 g/mol. The summed E-state index contributed by atoms with van der Waals surface area (Å²) in [4.78, 5) is 23.9. The van der Waals surface area contributed by atoms with Gasteiger partial charge in [-0.25, -0.2) is 0 Å². The number of carbonyl (C=O) groups excluding carboxylic acids is 2. The van der Waals surface area contributed by atoms with Gasteiger partial charge >= 0.3 is 0 Å². The zero-order valence-corrected chi connectivity index (χ0v) is 14.1. The van der Waals surface area contributed by atoms with E-state index in [9.17, 15) is 9.59 Å². The number of hydrogen-bond donors (Lipinski definition) is 3. The van der Waals surface area contributed by atoms with Gasteiger partial charge in [-0.05, 0) is 44.4 Å². The molecule has 0 unspecified atom stereocenters. The SMILES string of the molecule is Cl.NCCNC(=O)C1CCC(NC(=O)CC2CCCC2)CC1. The Labute approximate surface area is 139 Å². The Hall–Kier alpha value is -0.810. The van der Waals surface area contributed by atoms with Gasteiger partial charge < -0.3 is 16.4 Å². The minimum Gasteiger partial charge on any atom is -0.355 e. The minimum absolute atomic E-state index is 0. The zero-order valence-electron chi connectivity index (χ0n) is 13.3. The summed E-state index contributed by atoms with van der Waals surface area (Å²) in [6.45, 7) is 1.04. The Bertz CT molecular complexity index is 351. The van der Waals surface area contributed by atoms with Crippen LogP contribution >= 0.6 is 12.4 Å². The Morgan fingerprint density at radius 3 is 2.23 bits per heavy atom. The molecule has 2 saturated carbocycles. The van der Waals surface area contributed by atoms with Gasteiger partial charge in [-0.3, -0.25) is 9.59 Å². The highest BCUT2D eigenvalue weighted by Gasteiger charge is 2.27. The maximum atomic E-state index is 12.0. The Kier molecular flexibility index (Phi) is 8.79. The smallest absolute Gasteiger partial charge is 0.223 e. The minimum atomic E-state index is 0. The van der Waals surface area contributed by atoms with E-state index in [1.165, 1.54) is 25.7 Å². The van der Waals surface area contributed by atoms with Crippen molar-refractivity contribution in [1.82, 2.24) is 10.6 Å². The highest BCUT2D eigenvalue weighted by atomic mass is 35.5. The summed E-state index contributed by atoms with van der Waals surface area (Å²) in [5.41, 5.74) is 5.39. The van der Waals surface area contributed by atoms with E-state index in [-0.39, 0.29) is 36.2 Å². The van der Waals surface area contributed by atoms with Crippen molar-refractivity contribution < 1.29 is 9.59 Å². The van der Waals surface area contributed by atoms with Crippen LogP contribution < -0.4 is 16.4 Å². The van der Waals surface area contributed by atoms with Crippen molar-refractivity contribution in [3.05, 3.63) is 0 Å². The molecule has 2 rings (SSSR count). The molecule has 0 bridgehead atoms. The van der Waals surface area contributed by atoms with Crippen LogP contribution in [-0.2, 0) is 9.59 Å². The zero-order chi connectivity index (χ0) is 15.1. The van der Waals surface area contributed by atoms with Crippen molar-refractivity contribution in [3.8, 4) is 0 Å². The molecule has 0 saturated heterocycles. The molecule has 0 spiro atoms. The molecule has 0 aliphatic heterocycles. The molecule has 5 nitrogen and oxygen atoms in total. The molecule has 0 aromatic heterocycles. The molecule has 0 aromatic rings. The number of amides is 2. The third-order valence-electron chi connectivity index (χ3n) is 4.86. The molecule has 0 atom stereocenters. The third-order valence-corrected chi connectivity index (χ3v) is 4.86. The summed E-state index contributed by atoms with van der Waals surface area (Å²) in [7, 11) is 0. The van der Waals surface area contributed by atoms with Gasteiger partial charge in [0.25, 0.3) is 0 Å². The quantitative estimate of drug-likeness (QED) is 0.693. The second-order valence-corrected chi connectivity index (χ2v) is 6.55. The number of carbonyl (C=O) groups is 2. The molecule has 2 aliphatic rings. The van der Waals surface area contributed by atoms with Gasteiger partial charge in [0.2, 0.25) is 11.8 Å². The van der Waals surface area contributed by atoms with Crippen LogP contribution in [0.4, 0.5) is 0 Å². The van der Waals surface area contributed by atoms with Crippen molar-refractivity contribution >= 4 is 24.2 Å². The summed E-state index contributed by atoms with van der Waals surface area (Å²) in [5.74, 6) is 1.03. The summed E-state index contributed by atoms with van der Waals surface area (Å²) in [6, 6.07) is 0.262. The van der Waals surface area contributed by atoms with Gasteiger partial charge in [-0.15, -0.1) is 12.4 Å². The Balaban J connectivity index is 0.00000242. The van der Waals surface area contributed by atoms with Crippen LogP contribution in [0.5, 0.6) is 0 Å². The van der Waals surface area contributed by atoms with Gasteiger partial charge in [0.15, 0.2) is 0 Å². The molecule has 0 aromatic carbocycles. The molecular formula is C16H30ClN3O2. The van der Waals surface area contributed by atoms with Crippen LogP contribution in [0.2, 0.25) is 0 Å². The highest BCUT2D eigenvalue weighted by Crippen LogP contribution is 2.28. The van der Waals surface area contributed by atoms with Crippen LogP contribution in [-0.4, -0.2) is 30.9 Å². The summed E-state index contributed by atoms with van der Waals surface area (Å²) in [6.07, 6.45) is 9.23. The highest BCUT2D eigenvalue weighted by molar-refractivity contribution is 5.85. The molecule has 6 heteroatoms. The first-order valence-corrected chi connectivity index (χ1v) is 8.46. The van der Waals surface area contributed by atoms with Gasteiger partial charge in [0.05, 0.1) is 0 Å². The molecule has 0 radical (unpaired) electrons. The molecule has 128 valence electrons. The third kappa shape index (κ3) is 6.13. The fourth-order valence-corrected chi connectivity index (χ4v) is 3.60. The molecule has 2 aliphatic carbocycles. The number of nitrogens with two attached hydrogens (primary N) is 1. The van der Waals surface area contributed by atoms with E-state index in [0.29, 0.717) is 25.4 Å². The van der Waals surface area contributed by atoms with Crippen LogP contribution in [0.1, 0.15) is 57.8 Å². The topological polar surface area (TPSA) is 84.2 Å². The van der Waals surface area contributed by atoms with E-state index in [1.807, 2.05) is 0 Å². The fraction of sp³-hybridized carbons (Fsp3) is 0.875. The van der Waals surface area contributed by atoms with Crippen molar-refractivity contribution in [1.29, 1.82) is 0 Å². The normalized spacial score (nSPS) is 25.3. The lowest BCUT2D eigenvalue weighted by atomic mass is 9.85. The van der Waals surface area contributed by atoms with Crippen LogP contribution in [0.15, 0.2) is 0 Å². The molecule has 0 heterocycles. The second kappa shape index (κ2) is 10.1. The first kappa shape index (κ1) is 19.2. The van der Waals surface area contributed by atoms with Crippen LogP contribution in [0, 0.1) is 11.8 Å². The van der Waals surface area contributed by atoms with E-state index in [2.05, 4.69) is 10.6 Å². The number of rotatable bonds is 6. The lowest BCUT2D eigenvalue weighted by Crippen LogP contribution is -2.41. The van der Waals surface area contributed by atoms with E-state index >= 15 is 0 Å². The largest absolute Gasteiger partial charge is 0.355 e. The maximum Gasteiger partial charge on any atom is 0.223 e. The predicted molar refractivity (Wildman–Crippen MR) is 89.8 cm³/mol.